The molecule has 0 fully saturated rings. The zero-order valence-corrected chi connectivity index (χ0v) is 10.6. The largest absolute Gasteiger partial charge is 0.479 e. The molecule has 1 aromatic carbocycles. The molecule has 0 unspecified atom stereocenters. The highest BCUT2D eigenvalue weighted by molar-refractivity contribution is 5.96. The van der Waals surface area contributed by atoms with Crippen molar-refractivity contribution < 1.29 is 14.7 Å². The minimum absolute atomic E-state index is 0.360. The molecule has 1 atom stereocenters. The first-order valence-electron chi connectivity index (χ1n) is 5.89. The second-order valence-electron chi connectivity index (χ2n) is 4.14. The molecule has 0 aliphatic rings. The highest BCUT2D eigenvalue weighted by Crippen LogP contribution is 2.13. The van der Waals surface area contributed by atoms with Gasteiger partial charge in [0.15, 0.2) is 6.04 Å². The standard InChI is InChI=1S/C13H11N3O5/c17-10(8-6-14-13(21)16-11(8)18)15-9(12(19)20)7-4-2-1-3-5-7/h1-6,9H,(H,15,17)(H,19,20)(H2,14,16,18,21)/t9-/m1/s1. The van der Waals surface area contributed by atoms with Crippen molar-refractivity contribution in [2.24, 2.45) is 0 Å². The number of aliphatic carboxylic acids is 1. The van der Waals surface area contributed by atoms with Crippen LogP contribution in [0.25, 0.3) is 0 Å². The highest BCUT2D eigenvalue weighted by Gasteiger charge is 2.23. The van der Waals surface area contributed by atoms with E-state index in [1.807, 2.05) is 4.98 Å². The Bertz CT molecular complexity index is 778. The Morgan fingerprint density at radius 2 is 1.81 bits per heavy atom. The molecule has 21 heavy (non-hydrogen) atoms. The number of carbonyl (C=O) groups excluding carboxylic acids is 1. The average Bonchev–Trinajstić information content (AvgIpc) is 2.45. The Kier molecular flexibility index (Phi) is 3.98. The smallest absolute Gasteiger partial charge is 0.330 e. The third kappa shape index (κ3) is 3.24. The van der Waals surface area contributed by atoms with Gasteiger partial charge in [0.05, 0.1) is 0 Å². The molecule has 0 aliphatic carbocycles. The van der Waals surface area contributed by atoms with E-state index in [4.69, 9.17) is 0 Å². The molecule has 0 spiro atoms. The summed E-state index contributed by atoms with van der Waals surface area (Å²) in [7, 11) is 0. The number of amides is 1. The molecule has 2 rings (SSSR count). The van der Waals surface area contributed by atoms with Gasteiger partial charge in [0.2, 0.25) is 0 Å². The number of rotatable bonds is 4. The minimum Gasteiger partial charge on any atom is -0.479 e. The number of hydrogen-bond acceptors (Lipinski definition) is 4. The summed E-state index contributed by atoms with van der Waals surface area (Å²) in [5.41, 5.74) is -1.67. The van der Waals surface area contributed by atoms with E-state index in [1.54, 1.807) is 18.2 Å². The van der Waals surface area contributed by atoms with Crippen molar-refractivity contribution in [2.75, 3.05) is 0 Å². The molecular weight excluding hydrogens is 278 g/mol. The molecule has 1 aromatic heterocycles. The van der Waals surface area contributed by atoms with Crippen molar-refractivity contribution in [2.45, 2.75) is 6.04 Å². The quantitative estimate of drug-likeness (QED) is 0.609. The lowest BCUT2D eigenvalue weighted by Gasteiger charge is -2.14. The molecular formula is C13H11N3O5. The van der Waals surface area contributed by atoms with Crippen LogP contribution in [-0.4, -0.2) is 27.0 Å². The van der Waals surface area contributed by atoms with Gasteiger partial charge >= 0.3 is 11.7 Å². The monoisotopic (exact) mass is 289 g/mol. The molecule has 8 nitrogen and oxygen atoms in total. The summed E-state index contributed by atoms with van der Waals surface area (Å²) in [4.78, 5) is 49.6. The van der Waals surface area contributed by atoms with Crippen LogP contribution < -0.4 is 16.6 Å². The lowest BCUT2D eigenvalue weighted by atomic mass is 10.1. The van der Waals surface area contributed by atoms with E-state index in [0.29, 0.717) is 5.56 Å². The Hall–Kier alpha value is -3.16. The molecule has 0 aliphatic heterocycles. The van der Waals surface area contributed by atoms with Gasteiger partial charge < -0.3 is 15.4 Å². The summed E-state index contributed by atoms with van der Waals surface area (Å²) < 4.78 is 0. The predicted molar refractivity (Wildman–Crippen MR) is 72.0 cm³/mol. The number of nitrogens with one attached hydrogen (secondary N) is 3. The molecule has 2 aromatic rings. The maximum atomic E-state index is 11.9. The van der Waals surface area contributed by atoms with Crippen LogP contribution in [0, 0.1) is 0 Å². The van der Waals surface area contributed by atoms with Crippen LogP contribution in [0.15, 0.2) is 46.1 Å². The van der Waals surface area contributed by atoms with E-state index in [1.165, 1.54) is 12.1 Å². The lowest BCUT2D eigenvalue weighted by Crippen LogP contribution is -2.38. The van der Waals surface area contributed by atoms with Gasteiger partial charge in [-0.3, -0.25) is 14.6 Å². The van der Waals surface area contributed by atoms with Crippen LogP contribution in [-0.2, 0) is 4.79 Å². The van der Waals surface area contributed by atoms with Gasteiger partial charge in [-0.2, -0.15) is 0 Å². The van der Waals surface area contributed by atoms with Crippen LogP contribution in [0.1, 0.15) is 22.0 Å². The van der Waals surface area contributed by atoms with Crippen molar-refractivity contribution in [3.63, 3.8) is 0 Å². The van der Waals surface area contributed by atoms with Gasteiger partial charge in [0, 0.05) is 6.20 Å². The number of carbonyl (C=O) groups is 2. The first kappa shape index (κ1) is 14.3. The van der Waals surface area contributed by atoms with E-state index >= 15 is 0 Å². The molecule has 0 saturated heterocycles. The van der Waals surface area contributed by atoms with Gasteiger partial charge in [0.25, 0.3) is 11.5 Å². The molecule has 0 saturated carbocycles. The first-order valence-corrected chi connectivity index (χ1v) is 5.89. The molecule has 1 heterocycles. The minimum atomic E-state index is -1.30. The van der Waals surface area contributed by atoms with E-state index in [-0.39, 0.29) is 5.56 Å². The third-order valence-electron chi connectivity index (χ3n) is 2.72. The fraction of sp³-hybridized carbons (Fsp3) is 0.0769. The highest BCUT2D eigenvalue weighted by atomic mass is 16.4. The van der Waals surface area contributed by atoms with Gasteiger partial charge in [-0.25, -0.2) is 9.59 Å². The molecule has 108 valence electrons. The summed E-state index contributed by atoms with van der Waals surface area (Å²) in [5, 5.41) is 11.4. The molecule has 4 N–H and O–H groups in total. The van der Waals surface area contributed by atoms with Crippen LogP contribution in [0.4, 0.5) is 0 Å². The fourth-order valence-electron chi connectivity index (χ4n) is 1.72. The van der Waals surface area contributed by atoms with Gasteiger partial charge in [-0.1, -0.05) is 30.3 Å². The normalized spacial score (nSPS) is 11.6. The van der Waals surface area contributed by atoms with Crippen molar-refractivity contribution >= 4 is 11.9 Å². The zero-order chi connectivity index (χ0) is 15.4. The van der Waals surface area contributed by atoms with Crippen LogP contribution in [0.2, 0.25) is 0 Å². The van der Waals surface area contributed by atoms with Gasteiger partial charge in [0.1, 0.15) is 5.56 Å². The van der Waals surface area contributed by atoms with E-state index < -0.39 is 29.2 Å². The molecule has 0 radical (unpaired) electrons. The fourth-order valence-corrected chi connectivity index (χ4v) is 1.72. The topological polar surface area (TPSA) is 132 Å². The number of carboxylic acids is 1. The van der Waals surface area contributed by atoms with Crippen LogP contribution in [0.3, 0.4) is 0 Å². The Labute approximate surface area is 117 Å². The Balaban J connectivity index is 2.29. The second kappa shape index (κ2) is 5.87. The van der Waals surface area contributed by atoms with Gasteiger partial charge in [-0.15, -0.1) is 0 Å². The predicted octanol–water partition coefficient (Wildman–Crippen LogP) is -0.381. The lowest BCUT2D eigenvalue weighted by molar-refractivity contribution is -0.139. The van der Waals surface area contributed by atoms with Gasteiger partial charge in [-0.05, 0) is 5.56 Å². The van der Waals surface area contributed by atoms with Crippen molar-refractivity contribution in [1.29, 1.82) is 0 Å². The first-order chi connectivity index (χ1) is 9.99. The Morgan fingerprint density at radius 3 is 2.38 bits per heavy atom. The maximum absolute atomic E-state index is 11.9. The molecule has 0 bridgehead atoms. The molecule has 8 heteroatoms. The number of aromatic amines is 2. The van der Waals surface area contributed by atoms with Crippen molar-refractivity contribution in [3.05, 3.63) is 68.5 Å². The van der Waals surface area contributed by atoms with E-state index in [2.05, 4.69) is 10.3 Å². The van der Waals surface area contributed by atoms with Crippen molar-refractivity contribution in [1.82, 2.24) is 15.3 Å². The summed E-state index contributed by atoms with van der Waals surface area (Å²) in [6.45, 7) is 0. The van der Waals surface area contributed by atoms with E-state index in [0.717, 1.165) is 6.20 Å². The zero-order valence-electron chi connectivity index (χ0n) is 10.6. The number of carboxylic acid groups (broad SMARTS) is 1. The summed E-state index contributed by atoms with van der Waals surface area (Å²) in [5.74, 6) is -2.17. The average molecular weight is 289 g/mol. The summed E-state index contributed by atoms with van der Waals surface area (Å²) >= 11 is 0. The van der Waals surface area contributed by atoms with Crippen LogP contribution >= 0.6 is 0 Å². The van der Waals surface area contributed by atoms with Crippen molar-refractivity contribution in [3.8, 4) is 0 Å². The molecule has 1 amide bonds. The summed E-state index contributed by atoms with van der Waals surface area (Å²) in [6.07, 6.45) is 0.931. The number of hydrogen-bond donors (Lipinski definition) is 4. The second-order valence-corrected chi connectivity index (χ2v) is 4.14. The SMILES string of the molecule is O=C(N[C@@H](C(=O)O)c1ccccc1)c1c[nH]c(=O)[nH]c1=O. The Morgan fingerprint density at radius 1 is 1.14 bits per heavy atom. The number of aromatic nitrogens is 2. The summed E-state index contributed by atoms with van der Waals surface area (Å²) in [6, 6.07) is 6.74. The van der Waals surface area contributed by atoms with E-state index in [9.17, 15) is 24.3 Å². The maximum Gasteiger partial charge on any atom is 0.330 e. The third-order valence-corrected chi connectivity index (χ3v) is 2.72. The number of H-pyrrole nitrogens is 2. The van der Waals surface area contributed by atoms with Crippen LogP contribution in [0.5, 0.6) is 0 Å². The number of benzene rings is 1.